The average Bonchev–Trinajstić information content (AvgIpc) is 3.06. The molecule has 0 radical (unpaired) electrons. The average molecular weight is 305 g/mol. The van der Waals surface area contributed by atoms with Gasteiger partial charge in [-0.3, -0.25) is 0 Å². The van der Waals surface area contributed by atoms with Crippen LogP contribution in [-0.2, 0) is 13.0 Å². The van der Waals surface area contributed by atoms with Crippen LogP contribution in [0.15, 0.2) is 29.3 Å². The van der Waals surface area contributed by atoms with Crippen LogP contribution in [0.3, 0.4) is 0 Å². The van der Waals surface area contributed by atoms with Gasteiger partial charge in [-0.1, -0.05) is 13.8 Å². The minimum absolute atomic E-state index is 0.166. The van der Waals surface area contributed by atoms with Gasteiger partial charge in [-0.05, 0) is 58.1 Å². The molecule has 21 heavy (non-hydrogen) atoms. The van der Waals surface area contributed by atoms with E-state index in [-0.39, 0.29) is 5.54 Å². The monoisotopic (exact) mass is 304 g/mol. The zero-order valence-electron chi connectivity index (χ0n) is 14.2. The summed E-state index contributed by atoms with van der Waals surface area (Å²) in [6, 6.07) is 6.89. The fourth-order valence-corrected chi connectivity index (χ4v) is 3.74. The van der Waals surface area contributed by atoms with Crippen LogP contribution >= 0.6 is 11.8 Å². The molecule has 1 aliphatic rings. The number of hydrogen-bond donors (Lipinski definition) is 0. The number of hydrogen-bond acceptors (Lipinski definition) is 2. The molecule has 2 aromatic rings. The highest BCUT2D eigenvalue weighted by Gasteiger charge is 2.23. The van der Waals surface area contributed by atoms with Crippen molar-refractivity contribution >= 4 is 22.7 Å². The lowest BCUT2D eigenvalue weighted by molar-refractivity contribution is 0.171. The lowest BCUT2D eigenvalue weighted by Gasteiger charge is -2.33. The maximum absolute atomic E-state index is 2.40. The Morgan fingerprint density at radius 1 is 1.19 bits per heavy atom. The third kappa shape index (κ3) is 3.14. The number of thioether (sulfide) groups is 1. The fourth-order valence-electron chi connectivity index (χ4n) is 2.67. The van der Waals surface area contributed by atoms with Gasteiger partial charge >= 0.3 is 0 Å². The second-order valence-electron chi connectivity index (χ2n) is 6.22. The lowest BCUT2D eigenvalue weighted by atomic mass is 10.0. The standard InChI is InChI=1S/C16H22N2S.C2H6/c1-16(2,17(3)4)11-18-9-7-12-13-8-10-19-15(13)6-5-14(12)18;1-2/h5-7,9H,8,10-11H2,1-4H3;1-2H3. The van der Waals surface area contributed by atoms with Crippen molar-refractivity contribution in [3.8, 4) is 0 Å². The molecular formula is C18H28N2S. The first-order valence-electron chi connectivity index (χ1n) is 7.90. The highest BCUT2D eigenvalue weighted by molar-refractivity contribution is 7.99. The van der Waals surface area contributed by atoms with Gasteiger partial charge in [0.1, 0.15) is 0 Å². The topological polar surface area (TPSA) is 8.17 Å². The van der Waals surface area contributed by atoms with E-state index in [1.165, 1.54) is 28.0 Å². The third-order valence-electron chi connectivity index (χ3n) is 4.40. The molecule has 1 aromatic carbocycles. The minimum atomic E-state index is 0.166. The lowest BCUT2D eigenvalue weighted by Crippen LogP contribution is -2.41. The smallest absolute Gasteiger partial charge is 0.0484 e. The summed E-state index contributed by atoms with van der Waals surface area (Å²) in [5, 5.41) is 1.46. The van der Waals surface area contributed by atoms with Crippen molar-refractivity contribution in [3.05, 3.63) is 30.0 Å². The molecule has 0 aliphatic carbocycles. The first kappa shape index (κ1) is 16.4. The second kappa shape index (κ2) is 6.45. The van der Waals surface area contributed by atoms with E-state index in [0.717, 1.165) is 6.54 Å². The Hall–Kier alpha value is -0.930. The normalized spacial score (nSPS) is 14.2. The van der Waals surface area contributed by atoms with Crippen LogP contribution < -0.4 is 0 Å². The Kier molecular flexibility index (Phi) is 5.05. The van der Waals surface area contributed by atoms with Crippen LogP contribution in [-0.4, -0.2) is 34.9 Å². The fraction of sp³-hybridized carbons (Fsp3) is 0.556. The summed E-state index contributed by atoms with van der Waals surface area (Å²) < 4.78 is 2.40. The number of benzene rings is 1. The quantitative estimate of drug-likeness (QED) is 0.815. The molecule has 0 amide bonds. The number of aromatic nitrogens is 1. The van der Waals surface area contributed by atoms with E-state index in [1.807, 2.05) is 25.6 Å². The Morgan fingerprint density at radius 3 is 2.57 bits per heavy atom. The van der Waals surface area contributed by atoms with Crippen molar-refractivity contribution in [3.63, 3.8) is 0 Å². The van der Waals surface area contributed by atoms with Gasteiger partial charge in [0.25, 0.3) is 0 Å². The van der Waals surface area contributed by atoms with E-state index < -0.39 is 0 Å². The van der Waals surface area contributed by atoms with Crippen molar-refractivity contribution in [1.29, 1.82) is 0 Å². The van der Waals surface area contributed by atoms with Crippen molar-refractivity contribution in [2.75, 3.05) is 19.8 Å². The van der Waals surface area contributed by atoms with Gasteiger partial charge in [0, 0.05) is 39.8 Å². The van der Waals surface area contributed by atoms with Crippen LogP contribution in [0, 0.1) is 0 Å². The van der Waals surface area contributed by atoms with Gasteiger partial charge in [0.05, 0.1) is 0 Å². The van der Waals surface area contributed by atoms with Crippen LogP contribution in [0.2, 0.25) is 0 Å². The molecule has 3 rings (SSSR count). The van der Waals surface area contributed by atoms with Gasteiger partial charge < -0.3 is 9.47 Å². The molecule has 116 valence electrons. The zero-order valence-corrected chi connectivity index (χ0v) is 15.0. The van der Waals surface area contributed by atoms with Gasteiger partial charge in [-0.25, -0.2) is 0 Å². The van der Waals surface area contributed by atoms with Gasteiger partial charge in [-0.15, -0.1) is 11.8 Å². The van der Waals surface area contributed by atoms with E-state index in [2.05, 4.69) is 61.8 Å². The molecule has 0 bridgehead atoms. The summed E-state index contributed by atoms with van der Waals surface area (Å²) in [5.41, 5.74) is 3.11. The largest absolute Gasteiger partial charge is 0.346 e. The van der Waals surface area contributed by atoms with Crippen LogP contribution in [0.5, 0.6) is 0 Å². The number of likely N-dealkylation sites (N-methyl/N-ethyl adjacent to an activating group) is 1. The molecule has 0 fully saturated rings. The van der Waals surface area contributed by atoms with Crippen molar-refractivity contribution in [1.82, 2.24) is 9.47 Å². The first-order valence-corrected chi connectivity index (χ1v) is 8.88. The number of nitrogens with zero attached hydrogens (tertiary/aromatic N) is 2. The van der Waals surface area contributed by atoms with E-state index >= 15 is 0 Å². The molecule has 3 heteroatoms. The molecular weight excluding hydrogens is 276 g/mol. The molecule has 0 unspecified atom stereocenters. The van der Waals surface area contributed by atoms with Crippen LogP contribution in [0.25, 0.3) is 10.9 Å². The summed E-state index contributed by atoms with van der Waals surface area (Å²) in [6.07, 6.45) is 3.47. The van der Waals surface area contributed by atoms with Gasteiger partial charge in [0.2, 0.25) is 0 Å². The predicted octanol–water partition coefficient (Wildman–Crippen LogP) is 4.66. The van der Waals surface area contributed by atoms with E-state index in [4.69, 9.17) is 0 Å². The Labute approximate surface area is 133 Å². The van der Waals surface area contributed by atoms with Gasteiger partial charge in [0.15, 0.2) is 0 Å². The molecule has 1 aliphatic heterocycles. The Morgan fingerprint density at radius 2 is 1.90 bits per heavy atom. The number of aryl methyl sites for hydroxylation is 1. The highest BCUT2D eigenvalue weighted by Crippen LogP contribution is 2.36. The summed E-state index contributed by atoms with van der Waals surface area (Å²) in [7, 11) is 4.31. The zero-order chi connectivity index (χ0) is 15.6. The molecule has 0 saturated carbocycles. The van der Waals surface area contributed by atoms with Crippen LogP contribution in [0.1, 0.15) is 33.3 Å². The van der Waals surface area contributed by atoms with Crippen molar-refractivity contribution in [2.24, 2.45) is 0 Å². The van der Waals surface area contributed by atoms with E-state index in [9.17, 15) is 0 Å². The molecule has 2 nitrogen and oxygen atoms in total. The Balaban J connectivity index is 0.000000774. The summed E-state index contributed by atoms with van der Waals surface area (Å²) >= 11 is 1.99. The first-order chi connectivity index (χ1) is 9.99. The molecule has 0 atom stereocenters. The van der Waals surface area contributed by atoms with Crippen LogP contribution in [0.4, 0.5) is 0 Å². The molecule has 0 spiro atoms. The van der Waals surface area contributed by atoms with Crippen molar-refractivity contribution in [2.45, 2.75) is 51.1 Å². The highest BCUT2D eigenvalue weighted by atomic mass is 32.2. The SMILES string of the molecule is CC.CN(C)C(C)(C)Cn1ccc2c3c(ccc21)SCC3. The molecule has 0 N–H and O–H groups in total. The van der Waals surface area contributed by atoms with E-state index in [1.54, 1.807) is 5.56 Å². The maximum Gasteiger partial charge on any atom is 0.0484 e. The number of rotatable bonds is 3. The predicted molar refractivity (Wildman–Crippen MR) is 95.5 cm³/mol. The minimum Gasteiger partial charge on any atom is -0.346 e. The maximum atomic E-state index is 2.40. The summed E-state index contributed by atoms with van der Waals surface area (Å²) in [6.45, 7) is 9.61. The molecule has 0 saturated heterocycles. The van der Waals surface area contributed by atoms with Crippen molar-refractivity contribution < 1.29 is 0 Å². The van der Waals surface area contributed by atoms with Gasteiger partial charge in [-0.2, -0.15) is 0 Å². The molecule has 1 aromatic heterocycles. The second-order valence-corrected chi connectivity index (χ2v) is 7.36. The summed E-state index contributed by atoms with van der Waals surface area (Å²) in [5.74, 6) is 1.24. The third-order valence-corrected chi connectivity index (χ3v) is 5.50. The summed E-state index contributed by atoms with van der Waals surface area (Å²) in [4.78, 5) is 3.78. The number of fused-ring (bicyclic) bond motifs is 3. The molecule has 2 heterocycles. The Bertz CT molecular complexity index is 611. The van der Waals surface area contributed by atoms with E-state index in [0.29, 0.717) is 0 Å².